The summed E-state index contributed by atoms with van der Waals surface area (Å²) in [5.74, 6) is 2.83. The van der Waals surface area contributed by atoms with Gasteiger partial charge in [0.25, 0.3) is 0 Å². The second kappa shape index (κ2) is 4.93. The number of nitriles is 1. The first-order chi connectivity index (χ1) is 8.76. The van der Waals surface area contributed by atoms with Crippen LogP contribution in [0.15, 0.2) is 22.7 Å². The van der Waals surface area contributed by atoms with E-state index < -0.39 is 0 Å². The van der Waals surface area contributed by atoms with Crippen molar-refractivity contribution in [2.24, 2.45) is 17.8 Å². The van der Waals surface area contributed by atoms with Crippen molar-refractivity contribution in [1.82, 2.24) is 0 Å². The SMILES string of the molecule is N#Cc1ccc(NCC2CC3CCC2C3)cc1Br. The predicted molar refractivity (Wildman–Crippen MR) is 76.3 cm³/mol. The largest absolute Gasteiger partial charge is 0.385 e. The molecule has 1 aromatic carbocycles. The van der Waals surface area contributed by atoms with Crippen molar-refractivity contribution in [2.75, 3.05) is 11.9 Å². The Morgan fingerprint density at radius 2 is 2.22 bits per heavy atom. The van der Waals surface area contributed by atoms with Gasteiger partial charge in [-0.15, -0.1) is 0 Å². The van der Waals surface area contributed by atoms with Crippen LogP contribution in [-0.2, 0) is 0 Å². The normalized spacial score (nSPS) is 29.2. The van der Waals surface area contributed by atoms with Crippen LogP contribution in [0.4, 0.5) is 5.69 Å². The van der Waals surface area contributed by atoms with Crippen LogP contribution in [0.3, 0.4) is 0 Å². The number of hydrogen-bond donors (Lipinski definition) is 1. The highest BCUT2D eigenvalue weighted by Gasteiger charge is 2.38. The molecular weight excluding hydrogens is 288 g/mol. The van der Waals surface area contributed by atoms with Gasteiger partial charge in [-0.1, -0.05) is 6.42 Å². The Morgan fingerprint density at radius 3 is 2.83 bits per heavy atom. The van der Waals surface area contributed by atoms with Crippen molar-refractivity contribution in [1.29, 1.82) is 5.26 Å². The van der Waals surface area contributed by atoms with Crippen molar-refractivity contribution in [2.45, 2.75) is 25.7 Å². The molecule has 0 saturated heterocycles. The van der Waals surface area contributed by atoms with Crippen molar-refractivity contribution in [3.05, 3.63) is 28.2 Å². The second-order valence-electron chi connectivity index (χ2n) is 5.62. The summed E-state index contributed by atoms with van der Waals surface area (Å²) in [4.78, 5) is 0. The fraction of sp³-hybridized carbons (Fsp3) is 0.533. The Labute approximate surface area is 117 Å². The average Bonchev–Trinajstić information content (AvgIpc) is 2.98. The Bertz CT molecular complexity index is 492. The number of halogens is 1. The number of nitrogens with one attached hydrogen (secondary N) is 1. The summed E-state index contributed by atoms with van der Waals surface area (Å²) in [6.45, 7) is 1.08. The molecule has 3 atom stereocenters. The third-order valence-electron chi connectivity index (χ3n) is 4.54. The van der Waals surface area contributed by atoms with Gasteiger partial charge in [0.2, 0.25) is 0 Å². The predicted octanol–water partition coefficient (Wildman–Crippen LogP) is 4.17. The highest BCUT2D eigenvalue weighted by Crippen LogP contribution is 2.48. The van der Waals surface area contributed by atoms with E-state index in [0.717, 1.165) is 34.5 Å². The van der Waals surface area contributed by atoms with Crippen LogP contribution in [-0.4, -0.2) is 6.54 Å². The molecule has 94 valence electrons. The molecule has 1 N–H and O–H groups in total. The first-order valence-corrected chi connectivity index (χ1v) is 7.49. The van der Waals surface area contributed by atoms with Crippen LogP contribution in [0.1, 0.15) is 31.2 Å². The molecule has 0 spiro atoms. The molecule has 2 aliphatic rings. The van der Waals surface area contributed by atoms with E-state index in [1.165, 1.54) is 25.7 Å². The topological polar surface area (TPSA) is 35.8 Å². The maximum Gasteiger partial charge on any atom is 0.100 e. The van der Waals surface area contributed by atoms with Gasteiger partial charge in [0, 0.05) is 16.7 Å². The fourth-order valence-corrected chi connectivity index (χ4v) is 4.06. The van der Waals surface area contributed by atoms with Gasteiger partial charge >= 0.3 is 0 Å². The summed E-state index contributed by atoms with van der Waals surface area (Å²) in [6.07, 6.45) is 5.77. The molecule has 2 bridgehead atoms. The number of fused-ring (bicyclic) bond motifs is 2. The third-order valence-corrected chi connectivity index (χ3v) is 5.20. The van der Waals surface area contributed by atoms with Crippen LogP contribution in [0.5, 0.6) is 0 Å². The highest BCUT2D eigenvalue weighted by atomic mass is 79.9. The molecule has 0 amide bonds. The highest BCUT2D eigenvalue weighted by molar-refractivity contribution is 9.10. The molecular formula is C15H17BrN2. The maximum atomic E-state index is 8.88. The Morgan fingerprint density at radius 1 is 1.33 bits per heavy atom. The molecule has 0 radical (unpaired) electrons. The van der Waals surface area contributed by atoms with Gasteiger partial charge in [-0.25, -0.2) is 0 Å². The minimum absolute atomic E-state index is 0.695. The number of anilines is 1. The van der Waals surface area contributed by atoms with Crippen LogP contribution < -0.4 is 5.32 Å². The molecule has 3 heteroatoms. The molecule has 0 aromatic heterocycles. The van der Waals surface area contributed by atoms with E-state index in [1.807, 2.05) is 18.2 Å². The van der Waals surface area contributed by atoms with Gasteiger partial charge < -0.3 is 5.32 Å². The van der Waals surface area contributed by atoms with Crippen molar-refractivity contribution >= 4 is 21.6 Å². The third kappa shape index (κ3) is 2.27. The van der Waals surface area contributed by atoms with Gasteiger partial charge in [-0.3, -0.25) is 0 Å². The zero-order chi connectivity index (χ0) is 12.5. The van der Waals surface area contributed by atoms with Crippen molar-refractivity contribution in [3.8, 4) is 6.07 Å². The van der Waals surface area contributed by atoms with Crippen LogP contribution >= 0.6 is 15.9 Å². The molecule has 2 fully saturated rings. The van der Waals surface area contributed by atoms with Gasteiger partial charge in [0.05, 0.1) is 5.56 Å². The number of benzene rings is 1. The number of nitrogens with zero attached hydrogens (tertiary/aromatic N) is 1. The summed E-state index contributed by atoms with van der Waals surface area (Å²) in [6, 6.07) is 8.04. The van der Waals surface area contributed by atoms with Gasteiger partial charge in [0.1, 0.15) is 6.07 Å². The lowest BCUT2D eigenvalue weighted by Gasteiger charge is -2.22. The monoisotopic (exact) mass is 304 g/mol. The van der Waals surface area contributed by atoms with E-state index in [4.69, 9.17) is 5.26 Å². The molecule has 2 aliphatic carbocycles. The minimum Gasteiger partial charge on any atom is -0.385 e. The van der Waals surface area contributed by atoms with Gasteiger partial charge in [-0.05, 0) is 71.1 Å². The summed E-state index contributed by atoms with van der Waals surface area (Å²) >= 11 is 3.43. The Balaban J connectivity index is 1.60. The van der Waals surface area contributed by atoms with Gasteiger partial charge in [-0.2, -0.15) is 5.26 Å². The quantitative estimate of drug-likeness (QED) is 0.910. The average molecular weight is 305 g/mol. The molecule has 0 aliphatic heterocycles. The molecule has 1 aromatic rings. The minimum atomic E-state index is 0.695. The smallest absolute Gasteiger partial charge is 0.100 e. The molecule has 18 heavy (non-hydrogen) atoms. The molecule has 3 unspecified atom stereocenters. The summed E-state index contributed by atoms with van der Waals surface area (Å²) in [5.41, 5.74) is 1.81. The summed E-state index contributed by atoms with van der Waals surface area (Å²) in [5, 5.41) is 12.4. The number of rotatable bonds is 3. The Hall–Kier alpha value is -1.01. The lowest BCUT2D eigenvalue weighted by Crippen LogP contribution is -2.20. The van der Waals surface area contributed by atoms with E-state index in [-0.39, 0.29) is 0 Å². The van der Waals surface area contributed by atoms with Crippen LogP contribution in [0, 0.1) is 29.1 Å². The van der Waals surface area contributed by atoms with E-state index in [2.05, 4.69) is 27.3 Å². The second-order valence-corrected chi connectivity index (χ2v) is 6.48. The van der Waals surface area contributed by atoms with E-state index in [1.54, 1.807) is 0 Å². The molecule has 0 heterocycles. The maximum absolute atomic E-state index is 8.88. The fourth-order valence-electron chi connectivity index (χ4n) is 3.59. The van der Waals surface area contributed by atoms with Crippen molar-refractivity contribution in [3.63, 3.8) is 0 Å². The first kappa shape index (κ1) is 12.0. The zero-order valence-electron chi connectivity index (χ0n) is 10.3. The molecule has 3 rings (SSSR count). The summed E-state index contributed by atoms with van der Waals surface area (Å²) in [7, 11) is 0. The summed E-state index contributed by atoms with van der Waals surface area (Å²) < 4.78 is 0.878. The van der Waals surface area contributed by atoms with E-state index in [0.29, 0.717) is 5.56 Å². The number of hydrogen-bond acceptors (Lipinski definition) is 2. The van der Waals surface area contributed by atoms with Crippen LogP contribution in [0.25, 0.3) is 0 Å². The molecule has 2 nitrogen and oxygen atoms in total. The Kier molecular flexibility index (Phi) is 3.30. The van der Waals surface area contributed by atoms with Gasteiger partial charge in [0.15, 0.2) is 0 Å². The standard InChI is InChI=1S/C15H17BrN2/c16-15-7-14(4-3-12(15)8-17)18-9-13-6-10-1-2-11(13)5-10/h3-4,7,10-11,13,18H,1-2,5-6,9H2. The zero-order valence-corrected chi connectivity index (χ0v) is 11.9. The molecule has 2 saturated carbocycles. The lowest BCUT2D eigenvalue weighted by molar-refractivity contribution is 0.348. The van der Waals surface area contributed by atoms with Crippen LogP contribution in [0.2, 0.25) is 0 Å². The first-order valence-electron chi connectivity index (χ1n) is 6.70. The van der Waals surface area contributed by atoms with E-state index >= 15 is 0 Å². The van der Waals surface area contributed by atoms with Crippen molar-refractivity contribution < 1.29 is 0 Å². The van der Waals surface area contributed by atoms with E-state index in [9.17, 15) is 0 Å². The lowest BCUT2D eigenvalue weighted by atomic mass is 9.89.